The Labute approximate surface area is 98.6 Å². The Morgan fingerprint density at radius 1 is 1.41 bits per heavy atom. The minimum Gasteiger partial charge on any atom is -0.497 e. The van der Waals surface area contributed by atoms with Crippen LogP contribution in [0.25, 0.3) is 0 Å². The monoisotopic (exact) mass is 231 g/mol. The van der Waals surface area contributed by atoms with Gasteiger partial charge in [-0.2, -0.15) is 0 Å². The van der Waals surface area contributed by atoms with Crippen LogP contribution in [0.2, 0.25) is 0 Å². The number of aromatic nitrogens is 2. The molecule has 5 heteroatoms. The molecule has 1 aromatic heterocycles. The maximum atomic E-state index is 10.9. The zero-order chi connectivity index (χ0) is 12.3. The molecule has 0 aliphatic heterocycles. The van der Waals surface area contributed by atoms with E-state index in [9.17, 15) is 4.79 Å². The van der Waals surface area contributed by atoms with Crippen LogP contribution in [0, 0.1) is 0 Å². The lowest BCUT2D eigenvalue weighted by Crippen LogP contribution is -2.11. The molecule has 1 aromatic carbocycles. The fourth-order valence-corrected chi connectivity index (χ4v) is 1.52. The van der Waals surface area contributed by atoms with Crippen LogP contribution in [-0.4, -0.2) is 23.0 Å². The number of carbonyl (C=O) groups is 1. The lowest BCUT2D eigenvalue weighted by atomic mass is 10.1. The Bertz CT molecular complexity index is 517. The molecular formula is C12H13N3O2. The summed E-state index contributed by atoms with van der Waals surface area (Å²) in [5.41, 5.74) is 6.46. The molecule has 0 spiro atoms. The van der Waals surface area contributed by atoms with Crippen molar-refractivity contribution in [3.63, 3.8) is 0 Å². The Morgan fingerprint density at radius 3 is 2.65 bits per heavy atom. The van der Waals surface area contributed by atoms with E-state index in [0.29, 0.717) is 12.2 Å². The van der Waals surface area contributed by atoms with Crippen LogP contribution in [0.15, 0.2) is 30.5 Å². The van der Waals surface area contributed by atoms with E-state index in [4.69, 9.17) is 10.5 Å². The Morgan fingerprint density at radius 2 is 2.12 bits per heavy atom. The molecule has 88 valence electrons. The first-order valence-corrected chi connectivity index (χ1v) is 5.16. The third kappa shape index (κ3) is 2.63. The summed E-state index contributed by atoms with van der Waals surface area (Å²) < 4.78 is 5.07. The molecule has 0 fully saturated rings. The summed E-state index contributed by atoms with van der Waals surface area (Å²) in [7, 11) is 1.63. The summed E-state index contributed by atoms with van der Waals surface area (Å²) in [5.74, 6) is 0.997. The maximum absolute atomic E-state index is 10.9. The van der Waals surface area contributed by atoms with Crippen LogP contribution >= 0.6 is 0 Å². The van der Waals surface area contributed by atoms with Gasteiger partial charge in [0, 0.05) is 12.6 Å². The Hall–Kier alpha value is -2.30. The van der Waals surface area contributed by atoms with Crippen molar-refractivity contribution in [2.75, 3.05) is 7.11 Å². The number of imidazole rings is 1. The van der Waals surface area contributed by atoms with Gasteiger partial charge in [-0.25, -0.2) is 4.98 Å². The van der Waals surface area contributed by atoms with Crippen LogP contribution in [0.1, 0.15) is 21.9 Å². The fraction of sp³-hybridized carbons (Fsp3) is 0.167. The van der Waals surface area contributed by atoms with Gasteiger partial charge in [-0.05, 0) is 17.7 Å². The first-order valence-electron chi connectivity index (χ1n) is 5.16. The predicted molar refractivity (Wildman–Crippen MR) is 62.9 cm³/mol. The Balaban J connectivity index is 2.11. The lowest BCUT2D eigenvalue weighted by Gasteiger charge is -2.01. The number of H-pyrrole nitrogens is 1. The Kier molecular flexibility index (Phi) is 3.09. The van der Waals surface area contributed by atoms with Gasteiger partial charge in [0.05, 0.1) is 7.11 Å². The molecule has 0 aliphatic carbocycles. The molecule has 2 aromatic rings. The number of benzene rings is 1. The van der Waals surface area contributed by atoms with Crippen LogP contribution in [-0.2, 0) is 6.42 Å². The zero-order valence-corrected chi connectivity index (χ0v) is 9.43. The SMILES string of the molecule is COc1ccc(Cc2nc(C(N)=O)c[nH]2)cc1. The number of nitrogens with two attached hydrogens (primary N) is 1. The van der Waals surface area contributed by atoms with Gasteiger partial charge in [0.2, 0.25) is 0 Å². The van der Waals surface area contributed by atoms with Crippen molar-refractivity contribution >= 4 is 5.91 Å². The minimum atomic E-state index is -0.526. The van der Waals surface area contributed by atoms with Gasteiger partial charge in [-0.1, -0.05) is 12.1 Å². The van der Waals surface area contributed by atoms with Crippen molar-refractivity contribution in [2.24, 2.45) is 5.73 Å². The van der Waals surface area contributed by atoms with E-state index in [1.54, 1.807) is 7.11 Å². The number of carbonyl (C=O) groups excluding carboxylic acids is 1. The predicted octanol–water partition coefficient (Wildman–Crippen LogP) is 1.11. The number of amides is 1. The van der Waals surface area contributed by atoms with Crippen LogP contribution < -0.4 is 10.5 Å². The van der Waals surface area contributed by atoms with E-state index in [-0.39, 0.29) is 5.69 Å². The van der Waals surface area contributed by atoms with Gasteiger partial charge in [-0.3, -0.25) is 4.79 Å². The second-order valence-corrected chi connectivity index (χ2v) is 3.62. The lowest BCUT2D eigenvalue weighted by molar-refractivity contribution is 0.0996. The summed E-state index contributed by atoms with van der Waals surface area (Å²) in [5, 5.41) is 0. The maximum Gasteiger partial charge on any atom is 0.268 e. The second kappa shape index (κ2) is 4.69. The molecule has 0 radical (unpaired) electrons. The van der Waals surface area contributed by atoms with E-state index in [1.165, 1.54) is 6.20 Å². The van der Waals surface area contributed by atoms with Crippen molar-refractivity contribution in [2.45, 2.75) is 6.42 Å². The summed E-state index contributed by atoms with van der Waals surface area (Å²) in [4.78, 5) is 17.9. The third-order valence-corrected chi connectivity index (χ3v) is 2.41. The highest BCUT2D eigenvalue weighted by Crippen LogP contribution is 2.13. The number of nitrogens with one attached hydrogen (secondary N) is 1. The molecule has 17 heavy (non-hydrogen) atoms. The standard InChI is InChI=1S/C12H13N3O2/c1-17-9-4-2-8(3-5-9)6-11-14-7-10(15-11)12(13)16/h2-5,7H,6H2,1H3,(H2,13,16)(H,14,15). The number of primary amides is 1. The molecule has 5 nitrogen and oxygen atoms in total. The van der Waals surface area contributed by atoms with E-state index in [1.807, 2.05) is 24.3 Å². The zero-order valence-electron chi connectivity index (χ0n) is 9.43. The quantitative estimate of drug-likeness (QED) is 0.827. The van der Waals surface area contributed by atoms with Gasteiger partial charge in [-0.15, -0.1) is 0 Å². The third-order valence-electron chi connectivity index (χ3n) is 2.41. The summed E-state index contributed by atoms with van der Waals surface area (Å²) >= 11 is 0. The fourth-order valence-electron chi connectivity index (χ4n) is 1.52. The highest BCUT2D eigenvalue weighted by molar-refractivity contribution is 5.90. The first-order chi connectivity index (χ1) is 8.19. The number of hydrogen-bond donors (Lipinski definition) is 2. The van der Waals surface area contributed by atoms with E-state index < -0.39 is 5.91 Å². The molecule has 0 saturated heterocycles. The number of rotatable bonds is 4. The van der Waals surface area contributed by atoms with E-state index >= 15 is 0 Å². The highest BCUT2D eigenvalue weighted by Gasteiger charge is 2.06. The summed E-state index contributed by atoms with van der Waals surface area (Å²) in [6.45, 7) is 0. The first kappa shape index (κ1) is 11.2. The topological polar surface area (TPSA) is 81.0 Å². The molecule has 1 amide bonds. The van der Waals surface area contributed by atoms with Gasteiger partial charge in [0.1, 0.15) is 17.3 Å². The number of hydrogen-bond acceptors (Lipinski definition) is 3. The van der Waals surface area contributed by atoms with Gasteiger partial charge >= 0.3 is 0 Å². The molecule has 0 saturated carbocycles. The second-order valence-electron chi connectivity index (χ2n) is 3.62. The van der Waals surface area contributed by atoms with Crippen molar-refractivity contribution in [1.29, 1.82) is 0 Å². The van der Waals surface area contributed by atoms with Crippen molar-refractivity contribution < 1.29 is 9.53 Å². The summed E-state index contributed by atoms with van der Waals surface area (Å²) in [6.07, 6.45) is 2.14. The molecule has 0 unspecified atom stereocenters. The normalized spacial score (nSPS) is 10.2. The molecular weight excluding hydrogens is 218 g/mol. The number of ether oxygens (including phenoxy) is 1. The van der Waals surface area contributed by atoms with Gasteiger partial charge in [0.15, 0.2) is 0 Å². The van der Waals surface area contributed by atoms with Crippen LogP contribution in [0.3, 0.4) is 0 Å². The molecule has 2 rings (SSSR count). The van der Waals surface area contributed by atoms with E-state index in [0.717, 1.165) is 11.3 Å². The summed E-state index contributed by atoms with van der Waals surface area (Å²) in [6, 6.07) is 7.66. The smallest absolute Gasteiger partial charge is 0.268 e. The average molecular weight is 231 g/mol. The number of aromatic amines is 1. The van der Waals surface area contributed by atoms with Crippen LogP contribution in [0.4, 0.5) is 0 Å². The van der Waals surface area contributed by atoms with Gasteiger partial charge < -0.3 is 15.5 Å². The number of nitrogens with zero attached hydrogens (tertiary/aromatic N) is 1. The molecule has 1 heterocycles. The largest absolute Gasteiger partial charge is 0.497 e. The molecule has 0 bridgehead atoms. The van der Waals surface area contributed by atoms with Gasteiger partial charge in [0.25, 0.3) is 5.91 Å². The average Bonchev–Trinajstić information content (AvgIpc) is 2.79. The molecule has 0 aliphatic rings. The van der Waals surface area contributed by atoms with Crippen LogP contribution in [0.5, 0.6) is 5.75 Å². The molecule has 0 atom stereocenters. The minimum absolute atomic E-state index is 0.258. The number of methoxy groups -OCH3 is 1. The van der Waals surface area contributed by atoms with Crippen molar-refractivity contribution in [3.8, 4) is 5.75 Å². The van der Waals surface area contributed by atoms with Crippen molar-refractivity contribution in [1.82, 2.24) is 9.97 Å². The van der Waals surface area contributed by atoms with E-state index in [2.05, 4.69) is 9.97 Å². The van der Waals surface area contributed by atoms with Crippen molar-refractivity contribution in [3.05, 3.63) is 47.5 Å². The highest BCUT2D eigenvalue weighted by atomic mass is 16.5. The molecule has 3 N–H and O–H groups in total.